The SMILES string of the molecule is COc1cc(OS(N)(=O)=O)cc(NC(=O)OC(C)(C)C)c1O. The molecule has 0 radical (unpaired) electrons. The minimum absolute atomic E-state index is 0.118. The number of phenols is 1. The van der Waals surface area contributed by atoms with Gasteiger partial charge in [0.15, 0.2) is 11.5 Å². The third kappa shape index (κ3) is 5.66. The summed E-state index contributed by atoms with van der Waals surface area (Å²) in [5.74, 6) is -0.787. The Morgan fingerprint density at radius 2 is 1.91 bits per heavy atom. The van der Waals surface area contributed by atoms with Crippen molar-refractivity contribution in [1.29, 1.82) is 0 Å². The average Bonchev–Trinajstić information content (AvgIpc) is 2.28. The number of amides is 1. The number of carbonyl (C=O) groups excluding carboxylic acids is 1. The van der Waals surface area contributed by atoms with E-state index in [1.165, 1.54) is 7.11 Å². The zero-order valence-electron chi connectivity index (χ0n) is 12.5. The normalized spacial score (nSPS) is 11.7. The first kappa shape index (κ1) is 17.9. The van der Waals surface area contributed by atoms with E-state index >= 15 is 0 Å². The van der Waals surface area contributed by atoms with E-state index in [2.05, 4.69) is 9.50 Å². The van der Waals surface area contributed by atoms with E-state index in [-0.39, 0.29) is 17.2 Å². The fraction of sp³-hybridized carbons (Fsp3) is 0.417. The van der Waals surface area contributed by atoms with Crippen LogP contribution in [0.2, 0.25) is 0 Å². The molecule has 0 saturated carbocycles. The number of hydrogen-bond acceptors (Lipinski definition) is 7. The Morgan fingerprint density at radius 3 is 2.36 bits per heavy atom. The monoisotopic (exact) mass is 334 g/mol. The van der Waals surface area contributed by atoms with E-state index in [9.17, 15) is 18.3 Å². The summed E-state index contributed by atoms with van der Waals surface area (Å²) in [6, 6.07) is 2.16. The first-order valence-electron chi connectivity index (χ1n) is 6.04. The van der Waals surface area contributed by atoms with Gasteiger partial charge < -0.3 is 18.8 Å². The van der Waals surface area contributed by atoms with Gasteiger partial charge in [0.2, 0.25) is 0 Å². The first-order chi connectivity index (χ1) is 9.91. The molecule has 124 valence electrons. The van der Waals surface area contributed by atoms with Crippen molar-refractivity contribution in [3.8, 4) is 17.2 Å². The number of benzene rings is 1. The minimum Gasteiger partial charge on any atom is -0.503 e. The number of anilines is 1. The first-order valence-corrected chi connectivity index (χ1v) is 7.51. The Balaban J connectivity index is 3.12. The summed E-state index contributed by atoms with van der Waals surface area (Å²) in [7, 11) is -3.03. The third-order valence-corrected chi connectivity index (χ3v) is 2.54. The van der Waals surface area contributed by atoms with Crippen LogP contribution in [0.25, 0.3) is 0 Å². The van der Waals surface area contributed by atoms with Crippen molar-refractivity contribution in [3.05, 3.63) is 12.1 Å². The summed E-state index contributed by atoms with van der Waals surface area (Å²) in [6.07, 6.45) is -0.849. The molecule has 0 atom stereocenters. The number of nitrogens with two attached hydrogens (primary N) is 1. The maximum atomic E-state index is 11.7. The minimum atomic E-state index is -4.27. The number of hydrogen-bond donors (Lipinski definition) is 3. The Bertz CT molecular complexity index is 665. The van der Waals surface area contributed by atoms with E-state index in [0.717, 1.165) is 12.1 Å². The van der Waals surface area contributed by atoms with Gasteiger partial charge >= 0.3 is 16.4 Å². The number of nitrogens with one attached hydrogen (secondary N) is 1. The van der Waals surface area contributed by atoms with E-state index in [0.29, 0.717) is 0 Å². The highest BCUT2D eigenvalue weighted by molar-refractivity contribution is 7.84. The number of phenolic OH excluding ortho intramolecular Hbond substituents is 1. The van der Waals surface area contributed by atoms with Crippen LogP contribution in [-0.4, -0.2) is 32.3 Å². The van der Waals surface area contributed by atoms with Gasteiger partial charge in [0.1, 0.15) is 11.4 Å². The number of methoxy groups -OCH3 is 1. The molecule has 0 unspecified atom stereocenters. The summed E-state index contributed by atoms with van der Waals surface area (Å²) >= 11 is 0. The fourth-order valence-corrected chi connectivity index (χ4v) is 1.79. The van der Waals surface area contributed by atoms with E-state index < -0.39 is 27.7 Å². The molecule has 0 aliphatic rings. The molecule has 1 amide bonds. The summed E-state index contributed by atoms with van der Waals surface area (Å²) in [4.78, 5) is 11.7. The largest absolute Gasteiger partial charge is 0.503 e. The molecule has 9 nitrogen and oxygen atoms in total. The second-order valence-corrected chi connectivity index (χ2v) is 6.38. The van der Waals surface area contributed by atoms with Crippen LogP contribution in [-0.2, 0) is 15.0 Å². The predicted molar refractivity (Wildman–Crippen MR) is 78.3 cm³/mol. The molecule has 22 heavy (non-hydrogen) atoms. The topological polar surface area (TPSA) is 137 Å². The van der Waals surface area contributed by atoms with Gasteiger partial charge in [-0.1, -0.05) is 0 Å². The fourth-order valence-electron chi connectivity index (χ4n) is 1.43. The van der Waals surface area contributed by atoms with Crippen molar-refractivity contribution in [3.63, 3.8) is 0 Å². The molecule has 0 aromatic heterocycles. The van der Waals surface area contributed by atoms with Crippen molar-refractivity contribution in [2.75, 3.05) is 12.4 Å². The maximum Gasteiger partial charge on any atom is 0.412 e. The molecule has 0 heterocycles. The lowest BCUT2D eigenvalue weighted by molar-refractivity contribution is 0.0635. The van der Waals surface area contributed by atoms with Gasteiger partial charge in [-0.05, 0) is 20.8 Å². The van der Waals surface area contributed by atoms with Crippen LogP contribution in [0.3, 0.4) is 0 Å². The zero-order chi connectivity index (χ0) is 17.1. The summed E-state index contributed by atoms with van der Waals surface area (Å²) in [6.45, 7) is 4.98. The van der Waals surface area contributed by atoms with Crippen LogP contribution >= 0.6 is 0 Å². The molecule has 0 aliphatic carbocycles. The standard InChI is InChI=1S/C12H18N2O7S/c1-12(2,3)20-11(16)14-8-5-7(21-22(13,17)18)6-9(19-4)10(8)15/h5-6,15H,1-4H3,(H,14,16)(H2,13,17,18). The van der Waals surface area contributed by atoms with E-state index in [1.807, 2.05) is 0 Å². The van der Waals surface area contributed by atoms with Crippen LogP contribution in [0, 0.1) is 0 Å². The van der Waals surface area contributed by atoms with Gasteiger partial charge in [-0.15, -0.1) is 0 Å². The molecule has 1 rings (SSSR count). The van der Waals surface area contributed by atoms with Crippen molar-refractivity contribution in [2.45, 2.75) is 26.4 Å². The summed E-state index contributed by atoms with van der Waals surface area (Å²) < 4.78 is 36.3. The van der Waals surface area contributed by atoms with Gasteiger partial charge in [-0.2, -0.15) is 13.6 Å². The van der Waals surface area contributed by atoms with Gasteiger partial charge in [0.05, 0.1) is 12.8 Å². The van der Waals surface area contributed by atoms with Crippen LogP contribution in [0.15, 0.2) is 12.1 Å². The number of carbonyl (C=O) groups is 1. The zero-order valence-corrected chi connectivity index (χ0v) is 13.4. The van der Waals surface area contributed by atoms with Crippen molar-refractivity contribution >= 4 is 22.1 Å². The molecular weight excluding hydrogens is 316 g/mol. The van der Waals surface area contributed by atoms with Crippen molar-refractivity contribution < 1.29 is 32.0 Å². The Labute approximate surface area is 128 Å². The number of aromatic hydroxyl groups is 1. The van der Waals surface area contributed by atoms with E-state index in [1.54, 1.807) is 20.8 Å². The third-order valence-electron chi connectivity index (χ3n) is 2.12. The van der Waals surface area contributed by atoms with E-state index in [4.69, 9.17) is 14.6 Å². The lowest BCUT2D eigenvalue weighted by Crippen LogP contribution is -2.27. The van der Waals surface area contributed by atoms with Gasteiger partial charge in [-0.3, -0.25) is 5.32 Å². The molecule has 10 heteroatoms. The number of ether oxygens (including phenoxy) is 2. The van der Waals surface area contributed by atoms with Crippen molar-refractivity contribution in [1.82, 2.24) is 0 Å². The highest BCUT2D eigenvalue weighted by Crippen LogP contribution is 2.38. The lowest BCUT2D eigenvalue weighted by Gasteiger charge is -2.20. The van der Waals surface area contributed by atoms with Crippen LogP contribution in [0.1, 0.15) is 20.8 Å². The summed E-state index contributed by atoms with van der Waals surface area (Å²) in [5.41, 5.74) is -0.911. The molecule has 0 bridgehead atoms. The highest BCUT2D eigenvalue weighted by Gasteiger charge is 2.20. The highest BCUT2D eigenvalue weighted by atomic mass is 32.2. The predicted octanol–water partition coefficient (Wildman–Crippen LogP) is 1.33. The molecule has 0 saturated heterocycles. The second-order valence-electron chi connectivity index (χ2n) is 5.22. The van der Waals surface area contributed by atoms with Crippen LogP contribution < -0.4 is 19.4 Å². The summed E-state index contributed by atoms with van der Waals surface area (Å²) in [5, 5.41) is 17.0. The molecular formula is C12H18N2O7S. The second kappa shape index (κ2) is 6.28. The van der Waals surface area contributed by atoms with Gasteiger partial charge in [-0.25, -0.2) is 4.79 Å². The maximum absolute atomic E-state index is 11.7. The van der Waals surface area contributed by atoms with Crippen molar-refractivity contribution in [2.24, 2.45) is 5.14 Å². The van der Waals surface area contributed by atoms with Crippen LogP contribution in [0.5, 0.6) is 17.2 Å². The molecule has 0 fully saturated rings. The lowest BCUT2D eigenvalue weighted by atomic mass is 10.2. The Kier molecular flexibility index (Phi) is 5.09. The molecule has 1 aromatic carbocycles. The Hall–Kier alpha value is -2.20. The Morgan fingerprint density at radius 1 is 1.32 bits per heavy atom. The quantitative estimate of drug-likeness (QED) is 0.706. The van der Waals surface area contributed by atoms with Gasteiger partial charge in [0, 0.05) is 12.1 Å². The molecule has 0 spiro atoms. The number of rotatable bonds is 4. The molecule has 0 aliphatic heterocycles. The molecule has 1 aromatic rings. The van der Waals surface area contributed by atoms with Gasteiger partial charge in [0.25, 0.3) is 0 Å². The van der Waals surface area contributed by atoms with Crippen LogP contribution in [0.4, 0.5) is 10.5 Å². The average molecular weight is 334 g/mol. The molecule has 4 N–H and O–H groups in total. The smallest absolute Gasteiger partial charge is 0.412 e.